The van der Waals surface area contributed by atoms with E-state index < -0.39 is 0 Å². The molecule has 2 saturated heterocycles. The van der Waals surface area contributed by atoms with Crippen LogP contribution in [-0.2, 0) is 0 Å². The Morgan fingerprint density at radius 2 is 1.89 bits per heavy atom. The fraction of sp³-hybridized carbons (Fsp3) is 0.600. The summed E-state index contributed by atoms with van der Waals surface area (Å²) in [7, 11) is 0. The fourth-order valence-electron chi connectivity index (χ4n) is 3.01. The second-order valence-corrected chi connectivity index (χ2v) is 6.38. The molecule has 2 heterocycles. The van der Waals surface area contributed by atoms with Gasteiger partial charge in [-0.3, -0.25) is 4.90 Å². The molecule has 18 heavy (non-hydrogen) atoms. The first-order chi connectivity index (χ1) is 8.93. The van der Waals surface area contributed by atoms with Gasteiger partial charge in [0.2, 0.25) is 0 Å². The molecule has 0 aromatic heterocycles. The predicted octanol–water partition coefficient (Wildman–Crippen LogP) is 2.70. The van der Waals surface area contributed by atoms with E-state index in [9.17, 15) is 0 Å². The minimum Gasteiger partial charge on any atom is -0.370 e. The lowest BCUT2D eigenvalue weighted by atomic mass is 10.2. The van der Waals surface area contributed by atoms with Crippen molar-refractivity contribution in [3.63, 3.8) is 0 Å². The largest absolute Gasteiger partial charge is 0.370 e. The second-order valence-electron chi connectivity index (χ2n) is 5.23. The number of para-hydroxylation sites is 1. The number of anilines is 1. The van der Waals surface area contributed by atoms with E-state index >= 15 is 0 Å². The molecule has 0 amide bonds. The highest BCUT2D eigenvalue weighted by molar-refractivity contribution is 7.99. The lowest BCUT2D eigenvalue weighted by Gasteiger charge is -2.27. The van der Waals surface area contributed by atoms with Gasteiger partial charge in [-0.05, 0) is 30.7 Å². The first kappa shape index (κ1) is 12.4. The van der Waals surface area contributed by atoms with Gasteiger partial charge >= 0.3 is 0 Å². The molecule has 0 saturated carbocycles. The highest BCUT2D eigenvalue weighted by atomic mass is 32.2. The summed E-state index contributed by atoms with van der Waals surface area (Å²) in [5, 5.41) is 0. The van der Waals surface area contributed by atoms with Crippen LogP contribution in [0, 0.1) is 0 Å². The lowest BCUT2D eigenvalue weighted by Crippen LogP contribution is -2.38. The summed E-state index contributed by atoms with van der Waals surface area (Å²) < 4.78 is 0. The standard InChI is InChI=1S/C15H22N2S/c1-2-5-14(6-3-1)16-8-4-9-17(11-10-16)15-7-12-18-13-15/h1-3,5-6,15H,4,7-13H2. The van der Waals surface area contributed by atoms with E-state index in [0.717, 1.165) is 6.04 Å². The van der Waals surface area contributed by atoms with Gasteiger partial charge in [-0.2, -0.15) is 11.8 Å². The number of benzene rings is 1. The third-order valence-corrected chi connectivity index (χ3v) is 5.22. The molecule has 0 bridgehead atoms. The van der Waals surface area contributed by atoms with Crippen molar-refractivity contribution in [3.8, 4) is 0 Å². The number of rotatable bonds is 2. The molecule has 0 aliphatic carbocycles. The van der Waals surface area contributed by atoms with Gasteiger partial charge in [-0.1, -0.05) is 18.2 Å². The molecule has 1 unspecified atom stereocenters. The van der Waals surface area contributed by atoms with Crippen LogP contribution < -0.4 is 4.90 Å². The van der Waals surface area contributed by atoms with Gasteiger partial charge in [0.25, 0.3) is 0 Å². The molecule has 98 valence electrons. The summed E-state index contributed by atoms with van der Waals surface area (Å²) in [6.07, 6.45) is 2.70. The van der Waals surface area contributed by atoms with Crippen molar-refractivity contribution in [2.45, 2.75) is 18.9 Å². The quantitative estimate of drug-likeness (QED) is 0.809. The average molecular weight is 262 g/mol. The van der Waals surface area contributed by atoms with Crippen molar-refractivity contribution in [1.29, 1.82) is 0 Å². The molecule has 2 nitrogen and oxygen atoms in total. The Labute approximate surface area is 114 Å². The minimum atomic E-state index is 0.853. The molecule has 1 aromatic rings. The molecule has 2 aliphatic heterocycles. The van der Waals surface area contributed by atoms with Crippen molar-refractivity contribution in [2.24, 2.45) is 0 Å². The predicted molar refractivity (Wildman–Crippen MR) is 80.6 cm³/mol. The highest BCUT2D eigenvalue weighted by Crippen LogP contribution is 2.24. The van der Waals surface area contributed by atoms with Gasteiger partial charge in [0.05, 0.1) is 0 Å². The van der Waals surface area contributed by atoms with Crippen molar-refractivity contribution < 1.29 is 0 Å². The van der Waals surface area contributed by atoms with E-state index in [0.29, 0.717) is 0 Å². The van der Waals surface area contributed by atoms with Crippen LogP contribution >= 0.6 is 11.8 Å². The Bertz CT molecular complexity index is 362. The van der Waals surface area contributed by atoms with Crippen molar-refractivity contribution >= 4 is 17.4 Å². The van der Waals surface area contributed by atoms with Gasteiger partial charge in [0.15, 0.2) is 0 Å². The van der Waals surface area contributed by atoms with Gasteiger partial charge < -0.3 is 4.90 Å². The van der Waals surface area contributed by atoms with Crippen LogP contribution in [-0.4, -0.2) is 48.6 Å². The second kappa shape index (κ2) is 5.98. The molecule has 2 aliphatic rings. The zero-order chi connectivity index (χ0) is 12.2. The average Bonchev–Trinajstić information content (AvgIpc) is 2.84. The Balaban J connectivity index is 1.61. The van der Waals surface area contributed by atoms with E-state index in [2.05, 4.69) is 51.9 Å². The molecule has 0 radical (unpaired) electrons. The summed E-state index contributed by atoms with van der Waals surface area (Å²) in [6, 6.07) is 11.7. The Hall–Kier alpha value is -0.670. The van der Waals surface area contributed by atoms with E-state index in [4.69, 9.17) is 0 Å². The fourth-order valence-corrected chi connectivity index (χ4v) is 4.26. The summed E-state index contributed by atoms with van der Waals surface area (Å²) in [5.41, 5.74) is 1.39. The number of hydrogen-bond donors (Lipinski definition) is 0. The Kier molecular flexibility index (Phi) is 4.11. The minimum absolute atomic E-state index is 0.853. The highest BCUT2D eigenvalue weighted by Gasteiger charge is 2.24. The Morgan fingerprint density at radius 3 is 2.67 bits per heavy atom. The zero-order valence-corrected chi connectivity index (χ0v) is 11.7. The van der Waals surface area contributed by atoms with Crippen LogP contribution in [0.25, 0.3) is 0 Å². The molecule has 0 N–H and O–H groups in total. The van der Waals surface area contributed by atoms with Crippen LogP contribution in [0.5, 0.6) is 0 Å². The van der Waals surface area contributed by atoms with Crippen LogP contribution in [0.15, 0.2) is 30.3 Å². The van der Waals surface area contributed by atoms with Crippen LogP contribution in [0.4, 0.5) is 5.69 Å². The summed E-state index contributed by atoms with van der Waals surface area (Å²) in [4.78, 5) is 5.27. The summed E-state index contributed by atoms with van der Waals surface area (Å²) in [5.74, 6) is 2.72. The van der Waals surface area contributed by atoms with E-state index in [1.165, 1.54) is 56.2 Å². The SMILES string of the molecule is c1ccc(N2CCCN(C3CCSC3)CC2)cc1. The lowest BCUT2D eigenvalue weighted by molar-refractivity contribution is 0.228. The van der Waals surface area contributed by atoms with Crippen molar-refractivity contribution in [2.75, 3.05) is 42.6 Å². The topological polar surface area (TPSA) is 6.48 Å². The third-order valence-electron chi connectivity index (χ3n) is 4.07. The smallest absolute Gasteiger partial charge is 0.0366 e. The van der Waals surface area contributed by atoms with Gasteiger partial charge in [-0.15, -0.1) is 0 Å². The van der Waals surface area contributed by atoms with Gasteiger partial charge in [0.1, 0.15) is 0 Å². The van der Waals surface area contributed by atoms with Gasteiger partial charge in [-0.25, -0.2) is 0 Å². The van der Waals surface area contributed by atoms with Crippen LogP contribution in [0.1, 0.15) is 12.8 Å². The van der Waals surface area contributed by atoms with Crippen molar-refractivity contribution in [3.05, 3.63) is 30.3 Å². The monoisotopic (exact) mass is 262 g/mol. The first-order valence-corrected chi connectivity index (χ1v) is 8.21. The maximum Gasteiger partial charge on any atom is 0.0366 e. The maximum atomic E-state index is 2.73. The molecule has 2 fully saturated rings. The molecule has 1 atom stereocenters. The molecule has 3 heteroatoms. The molecule has 0 spiro atoms. The number of thioether (sulfide) groups is 1. The third kappa shape index (κ3) is 2.83. The van der Waals surface area contributed by atoms with E-state index in [-0.39, 0.29) is 0 Å². The number of nitrogens with zero attached hydrogens (tertiary/aromatic N) is 2. The van der Waals surface area contributed by atoms with E-state index in [1.54, 1.807) is 0 Å². The van der Waals surface area contributed by atoms with Crippen molar-refractivity contribution in [1.82, 2.24) is 4.90 Å². The Morgan fingerprint density at radius 1 is 1.00 bits per heavy atom. The van der Waals surface area contributed by atoms with Crippen LogP contribution in [0.2, 0.25) is 0 Å². The molecular formula is C15H22N2S. The summed E-state index contributed by atoms with van der Waals surface area (Å²) >= 11 is 2.12. The molecular weight excluding hydrogens is 240 g/mol. The van der Waals surface area contributed by atoms with E-state index in [1.807, 2.05) is 0 Å². The first-order valence-electron chi connectivity index (χ1n) is 7.05. The zero-order valence-electron chi connectivity index (χ0n) is 10.9. The molecule has 3 rings (SSSR count). The normalized spacial score (nSPS) is 26.2. The van der Waals surface area contributed by atoms with Crippen LogP contribution in [0.3, 0.4) is 0 Å². The van der Waals surface area contributed by atoms with Gasteiger partial charge in [0, 0.05) is 43.7 Å². The maximum absolute atomic E-state index is 2.73. The number of hydrogen-bond acceptors (Lipinski definition) is 3. The summed E-state index contributed by atoms with van der Waals surface area (Å²) in [6.45, 7) is 4.92. The molecule has 1 aromatic carbocycles.